The van der Waals surface area contributed by atoms with Gasteiger partial charge < -0.3 is 10.1 Å². The summed E-state index contributed by atoms with van der Waals surface area (Å²) in [4.78, 5) is 0. The Morgan fingerprint density at radius 3 is 3.00 bits per heavy atom. The Kier molecular flexibility index (Phi) is 4.92. The van der Waals surface area contributed by atoms with Crippen LogP contribution in [0.5, 0.6) is 0 Å². The molecule has 0 atom stereocenters. The lowest BCUT2D eigenvalue weighted by atomic mass is 10.2. The van der Waals surface area contributed by atoms with Crippen molar-refractivity contribution >= 4 is 15.9 Å². The fourth-order valence-corrected chi connectivity index (χ4v) is 2.15. The molecule has 1 aromatic carbocycles. The lowest BCUT2D eigenvalue weighted by Crippen LogP contribution is -2.18. The molecule has 0 aliphatic rings. The van der Waals surface area contributed by atoms with Crippen LogP contribution in [0.2, 0.25) is 0 Å². The van der Waals surface area contributed by atoms with Crippen molar-refractivity contribution in [1.82, 2.24) is 15.1 Å². The van der Waals surface area contributed by atoms with Crippen molar-refractivity contribution < 1.29 is 4.74 Å². The quantitative estimate of drug-likeness (QED) is 0.833. The van der Waals surface area contributed by atoms with Crippen LogP contribution in [0.25, 0.3) is 5.69 Å². The summed E-state index contributed by atoms with van der Waals surface area (Å²) in [6.07, 6.45) is 3.70. The fourth-order valence-electron chi connectivity index (χ4n) is 1.64. The number of hydrogen-bond donors (Lipinski definition) is 1. The average Bonchev–Trinajstić information content (AvgIpc) is 2.90. The normalized spacial score (nSPS) is 10.8. The van der Waals surface area contributed by atoms with Crippen LogP contribution in [-0.2, 0) is 11.3 Å². The van der Waals surface area contributed by atoms with Gasteiger partial charge in [-0.3, -0.25) is 0 Å². The maximum absolute atomic E-state index is 4.99. The molecule has 18 heavy (non-hydrogen) atoms. The summed E-state index contributed by atoms with van der Waals surface area (Å²) >= 11 is 3.59. The van der Waals surface area contributed by atoms with Crippen molar-refractivity contribution in [3.63, 3.8) is 0 Å². The third-order valence-corrected chi connectivity index (χ3v) is 3.34. The first-order valence-electron chi connectivity index (χ1n) is 5.79. The second kappa shape index (κ2) is 6.68. The molecule has 0 spiro atoms. The standard InChI is InChI=1S/C13H16BrN3O/c1-18-8-6-15-10-11-3-4-12(9-13(11)14)17-7-2-5-16-17/h2-5,7,9,15H,6,8,10H2,1H3. The summed E-state index contributed by atoms with van der Waals surface area (Å²) in [5.74, 6) is 0. The van der Waals surface area contributed by atoms with Gasteiger partial charge >= 0.3 is 0 Å². The number of aromatic nitrogens is 2. The summed E-state index contributed by atoms with van der Waals surface area (Å²) in [5, 5.41) is 7.53. The molecule has 1 heterocycles. The molecule has 2 rings (SSSR count). The molecular formula is C13H16BrN3O. The molecule has 0 saturated carbocycles. The van der Waals surface area contributed by atoms with Crippen LogP contribution in [0.3, 0.4) is 0 Å². The van der Waals surface area contributed by atoms with Gasteiger partial charge in [0.2, 0.25) is 0 Å². The van der Waals surface area contributed by atoms with Crippen LogP contribution in [0.1, 0.15) is 5.56 Å². The maximum Gasteiger partial charge on any atom is 0.0656 e. The molecule has 2 aromatic rings. The van der Waals surface area contributed by atoms with E-state index >= 15 is 0 Å². The molecule has 0 unspecified atom stereocenters. The van der Waals surface area contributed by atoms with Gasteiger partial charge in [-0.2, -0.15) is 5.10 Å². The van der Waals surface area contributed by atoms with Crippen LogP contribution < -0.4 is 5.32 Å². The molecule has 1 aromatic heterocycles. The van der Waals surface area contributed by atoms with Crippen LogP contribution >= 0.6 is 15.9 Å². The number of nitrogens with zero attached hydrogens (tertiary/aromatic N) is 2. The van der Waals surface area contributed by atoms with E-state index in [1.807, 2.05) is 16.9 Å². The van der Waals surface area contributed by atoms with Crippen LogP contribution in [0, 0.1) is 0 Å². The minimum atomic E-state index is 0.725. The van der Waals surface area contributed by atoms with E-state index in [1.165, 1.54) is 5.56 Å². The van der Waals surface area contributed by atoms with Crippen molar-refractivity contribution in [3.05, 3.63) is 46.7 Å². The van der Waals surface area contributed by atoms with Crippen molar-refractivity contribution in [2.45, 2.75) is 6.54 Å². The Morgan fingerprint density at radius 2 is 2.33 bits per heavy atom. The first-order chi connectivity index (χ1) is 8.81. The summed E-state index contributed by atoms with van der Waals surface area (Å²) in [6.45, 7) is 2.40. The fraction of sp³-hybridized carbons (Fsp3) is 0.308. The van der Waals surface area contributed by atoms with Gasteiger partial charge in [0, 0.05) is 37.1 Å². The van der Waals surface area contributed by atoms with Gasteiger partial charge in [-0.25, -0.2) is 4.68 Å². The Balaban J connectivity index is 2.01. The first kappa shape index (κ1) is 13.3. The van der Waals surface area contributed by atoms with E-state index in [-0.39, 0.29) is 0 Å². The maximum atomic E-state index is 4.99. The van der Waals surface area contributed by atoms with E-state index in [0.29, 0.717) is 0 Å². The third-order valence-electron chi connectivity index (χ3n) is 2.60. The van der Waals surface area contributed by atoms with E-state index in [4.69, 9.17) is 4.74 Å². The topological polar surface area (TPSA) is 39.1 Å². The monoisotopic (exact) mass is 309 g/mol. The summed E-state index contributed by atoms with van der Waals surface area (Å²) < 4.78 is 7.92. The van der Waals surface area contributed by atoms with Gasteiger partial charge in [0.05, 0.1) is 12.3 Å². The highest BCUT2D eigenvalue weighted by Gasteiger charge is 2.02. The third kappa shape index (κ3) is 3.41. The highest BCUT2D eigenvalue weighted by Crippen LogP contribution is 2.20. The second-order valence-electron chi connectivity index (χ2n) is 3.90. The van der Waals surface area contributed by atoms with E-state index in [2.05, 4.69) is 44.5 Å². The molecule has 0 aliphatic heterocycles. The largest absolute Gasteiger partial charge is 0.383 e. The molecule has 0 aliphatic carbocycles. The molecule has 0 saturated heterocycles. The van der Waals surface area contributed by atoms with Crippen molar-refractivity contribution in [3.8, 4) is 5.69 Å². The SMILES string of the molecule is COCCNCc1ccc(-n2cccn2)cc1Br. The van der Waals surface area contributed by atoms with E-state index < -0.39 is 0 Å². The van der Waals surface area contributed by atoms with Crippen molar-refractivity contribution in [2.75, 3.05) is 20.3 Å². The summed E-state index contributed by atoms with van der Waals surface area (Å²) in [6, 6.07) is 8.14. The Labute approximate surface area is 115 Å². The lowest BCUT2D eigenvalue weighted by molar-refractivity contribution is 0.199. The minimum absolute atomic E-state index is 0.725. The van der Waals surface area contributed by atoms with Crippen LogP contribution in [-0.4, -0.2) is 30.0 Å². The van der Waals surface area contributed by atoms with Gasteiger partial charge in [0.1, 0.15) is 0 Å². The number of rotatable bonds is 6. The molecule has 1 N–H and O–H groups in total. The number of hydrogen-bond acceptors (Lipinski definition) is 3. The number of ether oxygens (including phenoxy) is 1. The number of benzene rings is 1. The molecule has 0 radical (unpaired) electrons. The van der Waals surface area contributed by atoms with Gasteiger partial charge in [0.15, 0.2) is 0 Å². The van der Waals surface area contributed by atoms with Gasteiger partial charge in [-0.05, 0) is 23.8 Å². The Morgan fingerprint density at radius 1 is 1.44 bits per heavy atom. The number of halogens is 1. The van der Waals surface area contributed by atoms with Gasteiger partial charge in [-0.15, -0.1) is 0 Å². The predicted molar refractivity (Wildman–Crippen MR) is 74.8 cm³/mol. The molecule has 0 fully saturated rings. The first-order valence-corrected chi connectivity index (χ1v) is 6.58. The Bertz CT molecular complexity index is 485. The second-order valence-corrected chi connectivity index (χ2v) is 4.75. The molecule has 4 nitrogen and oxygen atoms in total. The highest BCUT2D eigenvalue weighted by atomic mass is 79.9. The summed E-state index contributed by atoms with van der Waals surface area (Å²) in [7, 11) is 1.70. The van der Waals surface area contributed by atoms with E-state index in [1.54, 1.807) is 13.3 Å². The summed E-state index contributed by atoms with van der Waals surface area (Å²) in [5.41, 5.74) is 2.27. The molecule has 5 heteroatoms. The smallest absolute Gasteiger partial charge is 0.0656 e. The predicted octanol–water partition coefficient (Wildman–Crippen LogP) is 2.37. The van der Waals surface area contributed by atoms with Gasteiger partial charge in [0.25, 0.3) is 0 Å². The number of methoxy groups -OCH3 is 1. The number of nitrogens with one attached hydrogen (secondary N) is 1. The average molecular weight is 310 g/mol. The van der Waals surface area contributed by atoms with Crippen molar-refractivity contribution in [1.29, 1.82) is 0 Å². The van der Waals surface area contributed by atoms with Crippen molar-refractivity contribution in [2.24, 2.45) is 0 Å². The van der Waals surface area contributed by atoms with Gasteiger partial charge in [-0.1, -0.05) is 22.0 Å². The van der Waals surface area contributed by atoms with Crippen LogP contribution in [0.15, 0.2) is 41.1 Å². The lowest BCUT2D eigenvalue weighted by Gasteiger charge is -2.08. The zero-order chi connectivity index (χ0) is 12.8. The zero-order valence-corrected chi connectivity index (χ0v) is 11.9. The minimum Gasteiger partial charge on any atom is -0.383 e. The molecule has 0 bridgehead atoms. The molecule has 0 amide bonds. The van der Waals surface area contributed by atoms with Crippen LogP contribution in [0.4, 0.5) is 0 Å². The highest BCUT2D eigenvalue weighted by molar-refractivity contribution is 9.10. The Hall–Kier alpha value is -1.17. The zero-order valence-electron chi connectivity index (χ0n) is 10.3. The van der Waals surface area contributed by atoms with E-state index in [9.17, 15) is 0 Å². The molecular weight excluding hydrogens is 294 g/mol. The molecule has 96 valence electrons. The van der Waals surface area contributed by atoms with E-state index in [0.717, 1.165) is 29.9 Å².